The number of nitrogens with two attached hydrogens (primary N) is 2. The van der Waals surface area contributed by atoms with Crippen LogP contribution in [0.4, 0.5) is 5.69 Å². The molecule has 0 aromatic heterocycles. The predicted octanol–water partition coefficient (Wildman–Crippen LogP) is 2.01. The zero-order chi connectivity index (χ0) is 13.9. The van der Waals surface area contributed by atoms with Gasteiger partial charge in [-0.15, -0.1) is 0 Å². The van der Waals surface area contributed by atoms with E-state index in [0.717, 1.165) is 15.7 Å². The first-order chi connectivity index (χ1) is 8.25. The van der Waals surface area contributed by atoms with Gasteiger partial charge in [0.05, 0.1) is 5.41 Å². The second kappa shape index (κ2) is 5.67. The maximum Gasteiger partial charge on any atom is 0.224 e. The smallest absolute Gasteiger partial charge is 0.224 e. The Balaban J connectivity index is 2.96. The van der Waals surface area contributed by atoms with Crippen molar-refractivity contribution in [1.82, 2.24) is 0 Å². The predicted molar refractivity (Wildman–Crippen MR) is 81.5 cm³/mol. The largest absolute Gasteiger partial charge is 0.389 e. The monoisotopic (exact) mass is 329 g/mol. The highest BCUT2D eigenvalue weighted by atomic mass is 79.9. The summed E-state index contributed by atoms with van der Waals surface area (Å²) in [5.74, 6) is -0.359. The summed E-state index contributed by atoms with van der Waals surface area (Å²) in [6, 6.07) is 5.58. The minimum absolute atomic E-state index is 0.293. The molecule has 0 fully saturated rings. The minimum atomic E-state index is -0.643. The number of carbonyl (C=O) groups excluding carboxylic acids is 1. The third kappa shape index (κ3) is 3.43. The fourth-order valence-corrected chi connectivity index (χ4v) is 2.26. The SMILES string of the molecule is CC(C)(CNc1cccc(Br)c1C(N)=S)C(N)=O. The standard InChI is InChI=1S/C12H16BrN3OS/c1-12(2,11(15)17)6-16-8-5-3-4-7(13)9(8)10(14)18/h3-5,16H,6H2,1-2H3,(H2,14,18)(H2,15,17). The van der Waals surface area contributed by atoms with Crippen LogP contribution < -0.4 is 16.8 Å². The molecule has 0 bridgehead atoms. The van der Waals surface area contributed by atoms with Crippen LogP contribution in [-0.2, 0) is 4.79 Å². The third-order valence-electron chi connectivity index (χ3n) is 2.65. The Hall–Kier alpha value is -1.14. The lowest BCUT2D eigenvalue weighted by Gasteiger charge is -2.22. The summed E-state index contributed by atoms with van der Waals surface area (Å²) in [7, 11) is 0. The average Bonchev–Trinajstić information content (AvgIpc) is 2.25. The van der Waals surface area contributed by atoms with Gasteiger partial charge in [0.2, 0.25) is 5.91 Å². The normalized spacial score (nSPS) is 11.1. The molecule has 4 nitrogen and oxygen atoms in total. The molecular weight excluding hydrogens is 314 g/mol. The molecule has 5 N–H and O–H groups in total. The van der Waals surface area contributed by atoms with Gasteiger partial charge in [-0.05, 0) is 41.9 Å². The van der Waals surface area contributed by atoms with E-state index in [1.54, 1.807) is 13.8 Å². The zero-order valence-corrected chi connectivity index (χ0v) is 12.7. The van der Waals surface area contributed by atoms with Crippen LogP contribution in [0, 0.1) is 5.41 Å². The van der Waals surface area contributed by atoms with Gasteiger partial charge in [0.25, 0.3) is 0 Å². The van der Waals surface area contributed by atoms with Crippen LogP contribution in [-0.4, -0.2) is 17.4 Å². The molecule has 0 atom stereocenters. The number of hydrogen-bond donors (Lipinski definition) is 3. The number of amides is 1. The van der Waals surface area contributed by atoms with Gasteiger partial charge in [-0.25, -0.2) is 0 Å². The van der Waals surface area contributed by atoms with Gasteiger partial charge in [0.15, 0.2) is 0 Å². The van der Waals surface area contributed by atoms with E-state index in [1.807, 2.05) is 18.2 Å². The van der Waals surface area contributed by atoms with Gasteiger partial charge in [0, 0.05) is 22.3 Å². The highest BCUT2D eigenvalue weighted by Gasteiger charge is 2.25. The quantitative estimate of drug-likeness (QED) is 0.722. The minimum Gasteiger partial charge on any atom is -0.389 e. The molecule has 0 aliphatic heterocycles. The Kier molecular flexibility index (Phi) is 4.70. The molecule has 0 saturated heterocycles. The van der Waals surface area contributed by atoms with Crippen LogP contribution in [0.1, 0.15) is 19.4 Å². The molecule has 18 heavy (non-hydrogen) atoms. The van der Waals surface area contributed by atoms with Crippen molar-refractivity contribution in [2.75, 3.05) is 11.9 Å². The van der Waals surface area contributed by atoms with Crippen molar-refractivity contribution in [3.63, 3.8) is 0 Å². The second-order valence-electron chi connectivity index (χ2n) is 4.63. The number of anilines is 1. The fourth-order valence-electron chi connectivity index (χ4n) is 1.33. The van der Waals surface area contributed by atoms with Gasteiger partial charge in [-0.3, -0.25) is 4.79 Å². The average molecular weight is 330 g/mol. The zero-order valence-electron chi connectivity index (χ0n) is 10.3. The Bertz CT molecular complexity index is 488. The highest BCUT2D eigenvalue weighted by Crippen LogP contribution is 2.26. The lowest BCUT2D eigenvalue weighted by atomic mass is 9.92. The first kappa shape index (κ1) is 14.9. The molecule has 0 heterocycles. The highest BCUT2D eigenvalue weighted by molar-refractivity contribution is 9.10. The van der Waals surface area contributed by atoms with Crippen LogP contribution in [0.2, 0.25) is 0 Å². The van der Waals surface area contributed by atoms with Gasteiger partial charge in [0.1, 0.15) is 4.99 Å². The summed E-state index contributed by atoms with van der Waals surface area (Å²) in [5, 5.41) is 3.16. The Morgan fingerprint density at radius 1 is 1.44 bits per heavy atom. The van der Waals surface area contributed by atoms with E-state index in [-0.39, 0.29) is 5.91 Å². The van der Waals surface area contributed by atoms with Crippen molar-refractivity contribution >= 4 is 44.7 Å². The summed E-state index contributed by atoms with van der Waals surface area (Å²) in [5.41, 5.74) is 11.9. The molecule has 0 aliphatic rings. The van der Waals surface area contributed by atoms with E-state index in [1.165, 1.54) is 0 Å². The van der Waals surface area contributed by atoms with Crippen molar-refractivity contribution in [2.45, 2.75) is 13.8 Å². The molecule has 0 spiro atoms. The van der Waals surface area contributed by atoms with Crippen LogP contribution in [0.15, 0.2) is 22.7 Å². The first-order valence-electron chi connectivity index (χ1n) is 5.38. The van der Waals surface area contributed by atoms with Crippen molar-refractivity contribution in [2.24, 2.45) is 16.9 Å². The Morgan fingerprint density at radius 2 is 2.06 bits per heavy atom. The summed E-state index contributed by atoms with van der Waals surface area (Å²) < 4.78 is 0.817. The van der Waals surface area contributed by atoms with E-state index in [9.17, 15) is 4.79 Å². The number of benzene rings is 1. The van der Waals surface area contributed by atoms with Crippen molar-refractivity contribution in [3.05, 3.63) is 28.2 Å². The summed E-state index contributed by atoms with van der Waals surface area (Å²) in [6.45, 7) is 3.97. The topological polar surface area (TPSA) is 81.1 Å². The molecule has 0 aliphatic carbocycles. The van der Waals surface area contributed by atoms with Crippen molar-refractivity contribution < 1.29 is 4.79 Å². The van der Waals surface area contributed by atoms with Crippen molar-refractivity contribution in [1.29, 1.82) is 0 Å². The number of thiocarbonyl (C=S) groups is 1. The lowest BCUT2D eigenvalue weighted by Crippen LogP contribution is -2.37. The molecular formula is C12H16BrN3OS. The molecule has 0 saturated carbocycles. The third-order valence-corrected chi connectivity index (χ3v) is 3.51. The number of nitrogens with one attached hydrogen (secondary N) is 1. The van der Waals surface area contributed by atoms with Crippen LogP contribution in [0.3, 0.4) is 0 Å². The number of rotatable bonds is 5. The van der Waals surface area contributed by atoms with Gasteiger partial charge >= 0.3 is 0 Å². The van der Waals surface area contributed by atoms with Crippen LogP contribution in [0.25, 0.3) is 0 Å². The maximum absolute atomic E-state index is 11.3. The molecule has 1 aromatic carbocycles. The van der Waals surface area contributed by atoms with Crippen LogP contribution >= 0.6 is 28.1 Å². The Labute approximate surface area is 120 Å². The summed E-state index contributed by atoms with van der Waals surface area (Å²) >= 11 is 8.41. The number of primary amides is 1. The Morgan fingerprint density at radius 3 is 2.56 bits per heavy atom. The maximum atomic E-state index is 11.3. The van der Waals surface area contributed by atoms with Gasteiger partial charge in [-0.1, -0.05) is 18.3 Å². The van der Waals surface area contributed by atoms with E-state index < -0.39 is 5.41 Å². The van der Waals surface area contributed by atoms with Gasteiger partial charge < -0.3 is 16.8 Å². The molecule has 0 radical (unpaired) electrons. The molecule has 1 aromatic rings. The van der Waals surface area contributed by atoms with E-state index in [4.69, 9.17) is 23.7 Å². The number of hydrogen-bond acceptors (Lipinski definition) is 3. The van der Waals surface area contributed by atoms with E-state index in [2.05, 4.69) is 21.2 Å². The summed E-state index contributed by atoms with van der Waals surface area (Å²) in [6.07, 6.45) is 0. The molecule has 0 unspecified atom stereocenters. The molecule has 6 heteroatoms. The number of halogens is 1. The summed E-state index contributed by atoms with van der Waals surface area (Å²) in [4.78, 5) is 11.5. The lowest BCUT2D eigenvalue weighted by molar-refractivity contribution is -0.125. The molecule has 1 rings (SSSR count). The molecule has 1 amide bonds. The van der Waals surface area contributed by atoms with Crippen LogP contribution in [0.5, 0.6) is 0 Å². The van der Waals surface area contributed by atoms with E-state index in [0.29, 0.717) is 11.5 Å². The van der Waals surface area contributed by atoms with Crippen molar-refractivity contribution in [3.8, 4) is 0 Å². The second-order valence-corrected chi connectivity index (χ2v) is 5.92. The fraction of sp³-hybridized carbons (Fsp3) is 0.333. The first-order valence-corrected chi connectivity index (χ1v) is 6.58. The number of carbonyl (C=O) groups is 1. The molecule has 98 valence electrons. The van der Waals surface area contributed by atoms with E-state index >= 15 is 0 Å². The van der Waals surface area contributed by atoms with Gasteiger partial charge in [-0.2, -0.15) is 0 Å².